The van der Waals surface area contributed by atoms with E-state index in [1.54, 1.807) is 0 Å². The third-order valence-corrected chi connectivity index (χ3v) is 5.02. The monoisotopic (exact) mass is 353 g/mol. The Morgan fingerprint density at radius 1 is 1.12 bits per heavy atom. The average Bonchev–Trinajstić information content (AvgIpc) is 2.66. The third kappa shape index (κ3) is 4.61. The van der Waals surface area contributed by atoms with Gasteiger partial charge >= 0.3 is 0 Å². The predicted molar refractivity (Wildman–Crippen MR) is 104 cm³/mol. The lowest BCUT2D eigenvalue weighted by Gasteiger charge is -2.36. The number of nitrogens with one attached hydrogen (secondary N) is 1. The number of carbonyl (C=O) groups excluding carboxylic acids is 2. The van der Waals surface area contributed by atoms with Crippen LogP contribution in [0, 0.1) is 0 Å². The molecule has 0 bridgehead atoms. The van der Waals surface area contributed by atoms with Gasteiger partial charge in [-0.3, -0.25) is 9.59 Å². The minimum absolute atomic E-state index is 0.0417. The molecule has 3 N–H and O–H groups in total. The number of hydrogen-bond acceptors (Lipinski definition) is 3. The minimum atomic E-state index is -0.0417. The second kappa shape index (κ2) is 8.81. The molecule has 1 atom stereocenters. The summed E-state index contributed by atoms with van der Waals surface area (Å²) in [6, 6.07) is 14.4. The SMILES string of the molecule is NCCC(=O)NCC1CCCCN1C(=O)Cc1ccc2ccccc2c1. The first-order valence-corrected chi connectivity index (χ1v) is 9.41. The number of nitrogens with two attached hydrogens (primary N) is 1. The molecule has 138 valence electrons. The van der Waals surface area contributed by atoms with E-state index in [4.69, 9.17) is 5.73 Å². The Balaban J connectivity index is 1.64. The summed E-state index contributed by atoms with van der Waals surface area (Å²) in [6.07, 6.45) is 3.79. The van der Waals surface area contributed by atoms with Crippen LogP contribution in [0.2, 0.25) is 0 Å². The average molecular weight is 353 g/mol. The van der Waals surface area contributed by atoms with Crippen molar-refractivity contribution in [3.8, 4) is 0 Å². The summed E-state index contributed by atoms with van der Waals surface area (Å²) in [6.45, 7) is 1.63. The fraction of sp³-hybridized carbons (Fsp3) is 0.429. The van der Waals surface area contributed by atoms with E-state index in [1.165, 1.54) is 5.39 Å². The highest BCUT2D eigenvalue weighted by atomic mass is 16.2. The molecule has 0 saturated carbocycles. The molecule has 1 fully saturated rings. The van der Waals surface area contributed by atoms with Crippen LogP contribution in [0.15, 0.2) is 42.5 Å². The third-order valence-electron chi connectivity index (χ3n) is 5.02. The number of fused-ring (bicyclic) bond motifs is 1. The summed E-state index contributed by atoms with van der Waals surface area (Å²) in [5, 5.41) is 5.25. The van der Waals surface area contributed by atoms with Gasteiger partial charge in [0.15, 0.2) is 0 Å². The highest BCUT2D eigenvalue weighted by molar-refractivity contribution is 5.85. The van der Waals surface area contributed by atoms with E-state index in [9.17, 15) is 9.59 Å². The number of likely N-dealkylation sites (tertiary alicyclic amines) is 1. The summed E-state index contributed by atoms with van der Waals surface area (Å²) in [4.78, 5) is 26.5. The topological polar surface area (TPSA) is 75.4 Å². The number of carbonyl (C=O) groups is 2. The molecule has 0 radical (unpaired) electrons. The van der Waals surface area contributed by atoms with Gasteiger partial charge in [0.05, 0.1) is 6.42 Å². The fourth-order valence-electron chi connectivity index (χ4n) is 3.62. The van der Waals surface area contributed by atoms with Crippen LogP contribution in [-0.4, -0.2) is 42.4 Å². The van der Waals surface area contributed by atoms with Gasteiger partial charge in [0.1, 0.15) is 0 Å². The smallest absolute Gasteiger partial charge is 0.227 e. The van der Waals surface area contributed by atoms with Crippen LogP contribution in [0.25, 0.3) is 10.8 Å². The number of nitrogens with zero attached hydrogens (tertiary/aromatic N) is 1. The zero-order chi connectivity index (χ0) is 18.4. The van der Waals surface area contributed by atoms with Gasteiger partial charge in [-0.05, 0) is 35.6 Å². The number of amides is 2. The lowest BCUT2D eigenvalue weighted by atomic mass is 9.99. The van der Waals surface area contributed by atoms with Crippen molar-refractivity contribution in [2.75, 3.05) is 19.6 Å². The highest BCUT2D eigenvalue weighted by Gasteiger charge is 2.26. The quantitative estimate of drug-likeness (QED) is 0.836. The first kappa shape index (κ1) is 18.4. The molecule has 3 rings (SSSR count). The van der Waals surface area contributed by atoms with Crippen molar-refractivity contribution in [2.24, 2.45) is 5.73 Å². The van der Waals surface area contributed by atoms with E-state index in [1.807, 2.05) is 23.1 Å². The molecule has 2 aromatic rings. The van der Waals surface area contributed by atoms with Crippen LogP contribution in [0.5, 0.6) is 0 Å². The molecule has 1 heterocycles. The van der Waals surface area contributed by atoms with E-state index in [-0.39, 0.29) is 17.9 Å². The number of benzene rings is 2. The summed E-state index contributed by atoms with van der Waals surface area (Å²) in [5.41, 5.74) is 6.45. The van der Waals surface area contributed by atoms with E-state index < -0.39 is 0 Å². The van der Waals surface area contributed by atoms with Crippen molar-refractivity contribution in [3.05, 3.63) is 48.0 Å². The maximum absolute atomic E-state index is 12.9. The van der Waals surface area contributed by atoms with Gasteiger partial charge in [-0.1, -0.05) is 42.5 Å². The van der Waals surface area contributed by atoms with E-state index in [2.05, 4.69) is 29.6 Å². The minimum Gasteiger partial charge on any atom is -0.354 e. The number of rotatable bonds is 6. The number of piperidine rings is 1. The molecule has 1 aliphatic heterocycles. The Bertz CT molecular complexity index is 775. The van der Waals surface area contributed by atoms with Gasteiger partial charge in [0.2, 0.25) is 11.8 Å². The first-order chi connectivity index (χ1) is 12.7. The van der Waals surface area contributed by atoms with Crippen LogP contribution < -0.4 is 11.1 Å². The molecular weight excluding hydrogens is 326 g/mol. The fourth-order valence-corrected chi connectivity index (χ4v) is 3.62. The molecule has 5 heteroatoms. The Kier molecular flexibility index (Phi) is 6.23. The summed E-state index contributed by atoms with van der Waals surface area (Å²) in [7, 11) is 0. The highest BCUT2D eigenvalue weighted by Crippen LogP contribution is 2.20. The zero-order valence-corrected chi connectivity index (χ0v) is 15.1. The lowest BCUT2D eigenvalue weighted by Crippen LogP contribution is -2.50. The maximum Gasteiger partial charge on any atom is 0.227 e. The van der Waals surface area contributed by atoms with Crippen molar-refractivity contribution in [2.45, 2.75) is 38.1 Å². The Hall–Kier alpha value is -2.40. The molecule has 26 heavy (non-hydrogen) atoms. The van der Waals surface area contributed by atoms with Gasteiger partial charge in [-0.2, -0.15) is 0 Å². The standard InChI is InChI=1S/C21H27N3O2/c22-11-10-20(25)23-15-19-7-3-4-12-24(19)21(26)14-16-8-9-17-5-1-2-6-18(17)13-16/h1-2,5-6,8-9,13,19H,3-4,7,10-12,14-15,22H2,(H,23,25). The summed E-state index contributed by atoms with van der Waals surface area (Å²) >= 11 is 0. The molecular formula is C21H27N3O2. The molecule has 2 aromatic carbocycles. The maximum atomic E-state index is 12.9. The molecule has 1 saturated heterocycles. The molecule has 2 amide bonds. The van der Waals surface area contributed by atoms with Crippen LogP contribution in [0.4, 0.5) is 0 Å². The van der Waals surface area contributed by atoms with E-state index >= 15 is 0 Å². The van der Waals surface area contributed by atoms with Crippen molar-refractivity contribution in [1.29, 1.82) is 0 Å². The molecule has 0 aromatic heterocycles. The number of hydrogen-bond donors (Lipinski definition) is 2. The van der Waals surface area contributed by atoms with E-state index in [0.29, 0.717) is 25.9 Å². The summed E-state index contributed by atoms with van der Waals surface area (Å²) in [5.74, 6) is 0.0954. The Morgan fingerprint density at radius 3 is 2.73 bits per heavy atom. The molecule has 1 unspecified atom stereocenters. The lowest BCUT2D eigenvalue weighted by molar-refractivity contribution is -0.134. The van der Waals surface area contributed by atoms with E-state index in [0.717, 1.165) is 36.8 Å². The van der Waals surface area contributed by atoms with Crippen molar-refractivity contribution < 1.29 is 9.59 Å². The summed E-state index contributed by atoms with van der Waals surface area (Å²) < 4.78 is 0. The Labute approximate surface area is 154 Å². The second-order valence-corrected chi connectivity index (χ2v) is 6.94. The van der Waals surface area contributed by atoms with Gasteiger partial charge in [0.25, 0.3) is 0 Å². The van der Waals surface area contributed by atoms with Gasteiger partial charge in [-0.15, -0.1) is 0 Å². The van der Waals surface area contributed by atoms with Gasteiger partial charge in [-0.25, -0.2) is 0 Å². The predicted octanol–water partition coefficient (Wildman–Crippen LogP) is 2.23. The second-order valence-electron chi connectivity index (χ2n) is 6.94. The van der Waals surface area contributed by atoms with Crippen molar-refractivity contribution in [1.82, 2.24) is 10.2 Å². The zero-order valence-electron chi connectivity index (χ0n) is 15.1. The Morgan fingerprint density at radius 2 is 1.92 bits per heavy atom. The first-order valence-electron chi connectivity index (χ1n) is 9.41. The largest absolute Gasteiger partial charge is 0.354 e. The van der Waals surface area contributed by atoms with Crippen LogP contribution in [-0.2, 0) is 16.0 Å². The van der Waals surface area contributed by atoms with Gasteiger partial charge in [0, 0.05) is 32.1 Å². The van der Waals surface area contributed by atoms with Crippen LogP contribution in [0.1, 0.15) is 31.2 Å². The molecule has 5 nitrogen and oxygen atoms in total. The van der Waals surface area contributed by atoms with Crippen LogP contribution in [0.3, 0.4) is 0 Å². The molecule has 0 spiro atoms. The molecule has 1 aliphatic rings. The van der Waals surface area contributed by atoms with Crippen molar-refractivity contribution in [3.63, 3.8) is 0 Å². The van der Waals surface area contributed by atoms with Crippen molar-refractivity contribution >= 4 is 22.6 Å². The normalized spacial score (nSPS) is 17.3. The molecule has 0 aliphatic carbocycles. The van der Waals surface area contributed by atoms with Crippen LogP contribution >= 0.6 is 0 Å². The van der Waals surface area contributed by atoms with Gasteiger partial charge < -0.3 is 16.0 Å².